The van der Waals surface area contributed by atoms with Crippen molar-refractivity contribution in [2.24, 2.45) is 5.92 Å². The number of nitrogens with one attached hydrogen (secondary N) is 1. The van der Waals surface area contributed by atoms with E-state index >= 15 is 0 Å². The van der Waals surface area contributed by atoms with E-state index in [1.165, 1.54) is 51.4 Å². The van der Waals surface area contributed by atoms with Crippen LogP contribution in [0, 0.1) is 5.92 Å². The molecule has 0 saturated heterocycles. The van der Waals surface area contributed by atoms with Crippen LogP contribution in [0.4, 0.5) is 0 Å². The number of hydrogen-bond donors (Lipinski definition) is 1. The van der Waals surface area contributed by atoms with E-state index in [1.807, 2.05) is 0 Å². The molecule has 0 aromatic carbocycles. The van der Waals surface area contributed by atoms with Crippen molar-refractivity contribution < 1.29 is 4.52 Å². The van der Waals surface area contributed by atoms with Crippen molar-refractivity contribution in [3.05, 3.63) is 11.7 Å². The summed E-state index contributed by atoms with van der Waals surface area (Å²) in [5.74, 6) is 3.16. The molecule has 1 N–H and O–H groups in total. The van der Waals surface area contributed by atoms with Crippen LogP contribution in [0.25, 0.3) is 0 Å². The van der Waals surface area contributed by atoms with Crippen molar-refractivity contribution in [3.8, 4) is 0 Å². The lowest BCUT2D eigenvalue weighted by Crippen LogP contribution is -2.33. The van der Waals surface area contributed by atoms with E-state index in [9.17, 15) is 0 Å². The Morgan fingerprint density at radius 1 is 1.15 bits per heavy atom. The summed E-state index contributed by atoms with van der Waals surface area (Å²) in [5, 5.41) is 7.82. The molecule has 1 heterocycles. The summed E-state index contributed by atoms with van der Waals surface area (Å²) in [4.78, 5) is 4.69. The summed E-state index contributed by atoms with van der Waals surface area (Å²) in [7, 11) is 0. The second kappa shape index (κ2) is 6.70. The van der Waals surface area contributed by atoms with E-state index < -0.39 is 0 Å². The Morgan fingerprint density at radius 3 is 2.55 bits per heavy atom. The van der Waals surface area contributed by atoms with Crippen molar-refractivity contribution in [3.63, 3.8) is 0 Å². The molecule has 4 heteroatoms. The van der Waals surface area contributed by atoms with E-state index in [1.54, 1.807) is 0 Å². The second-order valence-corrected chi connectivity index (χ2v) is 6.44. The monoisotopic (exact) mass is 277 g/mol. The van der Waals surface area contributed by atoms with Crippen LogP contribution < -0.4 is 5.32 Å². The van der Waals surface area contributed by atoms with Gasteiger partial charge in [-0.25, -0.2) is 0 Å². The first-order valence-electron chi connectivity index (χ1n) is 8.42. The summed E-state index contributed by atoms with van der Waals surface area (Å²) in [6.07, 6.45) is 11.4. The summed E-state index contributed by atoms with van der Waals surface area (Å²) in [5.41, 5.74) is 0. The third-order valence-electron chi connectivity index (χ3n) is 4.76. The fraction of sp³-hybridized carbons (Fsp3) is 0.875. The molecule has 2 aliphatic rings. The Bertz CT molecular complexity index is 406. The van der Waals surface area contributed by atoms with Gasteiger partial charge in [0.1, 0.15) is 0 Å². The van der Waals surface area contributed by atoms with Crippen molar-refractivity contribution in [1.29, 1.82) is 0 Å². The van der Waals surface area contributed by atoms with Gasteiger partial charge in [-0.2, -0.15) is 4.98 Å². The smallest absolute Gasteiger partial charge is 0.228 e. The van der Waals surface area contributed by atoms with Gasteiger partial charge in [0.2, 0.25) is 5.89 Å². The van der Waals surface area contributed by atoms with E-state index in [0.29, 0.717) is 12.0 Å². The van der Waals surface area contributed by atoms with Crippen LogP contribution in [-0.4, -0.2) is 22.7 Å². The zero-order chi connectivity index (χ0) is 13.8. The van der Waals surface area contributed by atoms with Gasteiger partial charge in [0.25, 0.3) is 0 Å². The maximum atomic E-state index is 5.51. The minimum absolute atomic E-state index is 0.530. The topological polar surface area (TPSA) is 51.0 Å². The first kappa shape index (κ1) is 14.1. The van der Waals surface area contributed by atoms with Crippen LogP contribution in [-0.2, 0) is 6.42 Å². The van der Waals surface area contributed by atoms with Crippen LogP contribution in [0.1, 0.15) is 75.9 Å². The zero-order valence-corrected chi connectivity index (χ0v) is 12.6. The van der Waals surface area contributed by atoms with Gasteiger partial charge >= 0.3 is 0 Å². The summed E-state index contributed by atoms with van der Waals surface area (Å²) >= 11 is 0. The molecule has 4 nitrogen and oxygen atoms in total. The van der Waals surface area contributed by atoms with Crippen LogP contribution in [0.5, 0.6) is 0 Å². The lowest BCUT2D eigenvalue weighted by atomic mass is 10.00. The average molecular weight is 277 g/mol. The first-order valence-corrected chi connectivity index (χ1v) is 8.42. The Kier molecular flexibility index (Phi) is 4.71. The predicted octanol–water partition coefficient (Wildman–Crippen LogP) is 3.44. The molecule has 112 valence electrons. The molecule has 0 bridgehead atoms. The Morgan fingerprint density at radius 2 is 1.90 bits per heavy atom. The molecule has 2 saturated carbocycles. The van der Waals surface area contributed by atoms with E-state index in [2.05, 4.69) is 17.4 Å². The van der Waals surface area contributed by atoms with Gasteiger partial charge in [0, 0.05) is 18.4 Å². The summed E-state index contributed by atoms with van der Waals surface area (Å²) in [6, 6.07) is 0.530. The van der Waals surface area contributed by atoms with Crippen molar-refractivity contribution in [2.45, 2.75) is 76.7 Å². The first-order chi connectivity index (χ1) is 9.86. The third-order valence-corrected chi connectivity index (χ3v) is 4.76. The van der Waals surface area contributed by atoms with Crippen molar-refractivity contribution in [2.75, 3.05) is 6.54 Å². The molecule has 1 unspecified atom stereocenters. The molecule has 3 rings (SSSR count). The number of rotatable bonds is 6. The van der Waals surface area contributed by atoms with Gasteiger partial charge in [0.15, 0.2) is 5.82 Å². The van der Waals surface area contributed by atoms with Gasteiger partial charge in [-0.05, 0) is 38.1 Å². The van der Waals surface area contributed by atoms with Crippen LogP contribution >= 0.6 is 0 Å². The number of likely N-dealkylation sites (N-methyl/N-ethyl adjacent to an activating group) is 1. The van der Waals surface area contributed by atoms with Crippen LogP contribution in [0.15, 0.2) is 4.52 Å². The van der Waals surface area contributed by atoms with Gasteiger partial charge in [-0.15, -0.1) is 0 Å². The van der Waals surface area contributed by atoms with E-state index in [-0.39, 0.29) is 0 Å². The van der Waals surface area contributed by atoms with E-state index in [4.69, 9.17) is 9.51 Å². The highest BCUT2D eigenvalue weighted by atomic mass is 16.5. The second-order valence-electron chi connectivity index (χ2n) is 6.44. The van der Waals surface area contributed by atoms with Gasteiger partial charge in [-0.3, -0.25) is 0 Å². The molecule has 0 aliphatic heterocycles. The minimum atomic E-state index is 0.530. The molecule has 2 aliphatic carbocycles. The highest BCUT2D eigenvalue weighted by Crippen LogP contribution is 2.34. The summed E-state index contributed by atoms with van der Waals surface area (Å²) in [6.45, 7) is 3.19. The lowest BCUT2D eigenvalue weighted by Gasteiger charge is -2.14. The molecular weight excluding hydrogens is 250 g/mol. The normalized spacial score (nSPS) is 22.6. The fourth-order valence-electron chi connectivity index (χ4n) is 3.41. The van der Waals surface area contributed by atoms with E-state index in [0.717, 1.165) is 30.6 Å². The predicted molar refractivity (Wildman–Crippen MR) is 78.6 cm³/mol. The number of nitrogens with zero attached hydrogens (tertiary/aromatic N) is 2. The Hall–Kier alpha value is -0.900. The molecule has 20 heavy (non-hydrogen) atoms. The van der Waals surface area contributed by atoms with Gasteiger partial charge in [0.05, 0.1) is 0 Å². The number of hydrogen-bond acceptors (Lipinski definition) is 4. The molecule has 0 amide bonds. The molecule has 0 radical (unpaired) electrons. The average Bonchev–Trinajstić information content (AvgIpc) is 3.24. The molecule has 0 spiro atoms. The standard InChI is InChI=1S/C16H27N3O/c1-2-17-14(12-9-10-12)11-15-18-16(19-20-15)13-7-5-3-4-6-8-13/h12-14,17H,2-11H2,1H3. The largest absolute Gasteiger partial charge is 0.339 e. The number of aromatic nitrogens is 2. The SMILES string of the molecule is CCNC(Cc1nc(C2CCCCCC2)no1)C1CC1. The zero-order valence-electron chi connectivity index (χ0n) is 12.6. The maximum Gasteiger partial charge on any atom is 0.228 e. The highest BCUT2D eigenvalue weighted by Gasteiger charge is 2.32. The third kappa shape index (κ3) is 3.60. The Labute approximate surface area is 121 Å². The fourth-order valence-corrected chi connectivity index (χ4v) is 3.41. The molecule has 2 fully saturated rings. The highest BCUT2D eigenvalue weighted by molar-refractivity contribution is 4.99. The quantitative estimate of drug-likeness (QED) is 0.809. The minimum Gasteiger partial charge on any atom is -0.339 e. The Balaban J connectivity index is 1.60. The summed E-state index contributed by atoms with van der Waals surface area (Å²) < 4.78 is 5.51. The molecule has 1 aromatic heterocycles. The maximum absolute atomic E-state index is 5.51. The van der Waals surface area contributed by atoms with Gasteiger partial charge in [-0.1, -0.05) is 37.8 Å². The van der Waals surface area contributed by atoms with Crippen molar-refractivity contribution in [1.82, 2.24) is 15.5 Å². The lowest BCUT2D eigenvalue weighted by molar-refractivity contribution is 0.341. The van der Waals surface area contributed by atoms with Crippen LogP contribution in [0.3, 0.4) is 0 Å². The van der Waals surface area contributed by atoms with Gasteiger partial charge < -0.3 is 9.84 Å². The molecule has 1 atom stereocenters. The molecular formula is C16H27N3O. The van der Waals surface area contributed by atoms with Crippen molar-refractivity contribution >= 4 is 0 Å². The van der Waals surface area contributed by atoms with Crippen LogP contribution in [0.2, 0.25) is 0 Å². The molecule has 1 aromatic rings.